The predicted molar refractivity (Wildman–Crippen MR) is 77.5 cm³/mol. The van der Waals surface area contributed by atoms with Crippen LogP contribution in [0.5, 0.6) is 0 Å². The third-order valence-electron chi connectivity index (χ3n) is 4.15. The number of aliphatic carboxylic acids is 1. The molecule has 1 fully saturated rings. The molecule has 6 nitrogen and oxygen atoms in total. The topological polar surface area (TPSA) is 81.4 Å². The van der Waals surface area contributed by atoms with E-state index in [-0.39, 0.29) is 12.1 Å². The first kappa shape index (κ1) is 15.7. The van der Waals surface area contributed by atoms with Gasteiger partial charge in [0.1, 0.15) is 0 Å². The van der Waals surface area contributed by atoms with Crippen molar-refractivity contribution >= 4 is 5.97 Å². The second-order valence-electron chi connectivity index (χ2n) is 5.61. The molecule has 0 amide bonds. The van der Waals surface area contributed by atoms with Crippen molar-refractivity contribution in [3.8, 4) is 0 Å². The number of carboxylic acids is 1. The summed E-state index contributed by atoms with van der Waals surface area (Å²) in [5.41, 5.74) is 2.11. The minimum absolute atomic E-state index is 0.0536. The molecule has 21 heavy (non-hydrogen) atoms. The van der Waals surface area contributed by atoms with Gasteiger partial charge in [0.2, 0.25) is 0 Å². The van der Waals surface area contributed by atoms with Gasteiger partial charge in [-0.1, -0.05) is 0 Å². The van der Waals surface area contributed by atoms with E-state index < -0.39 is 5.97 Å². The van der Waals surface area contributed by atoms with Crippen LogP contribution in [0.3, 0.4) is 0 Å². The molecule has 0 aliphatic carbocycles. The molecule has 1 aromatic heterocycles. The van der Waals surface area contributed by atoms with Crippen molar-refractivity contribution in [1.82, 2.24) is 9.55 Å². The molecule has 0 saturated carbocycles. The molecule has 6 heteroatoms. The molecule has 1 atom stereocenters. The van der Waals surface area contributed by atoms with Crippen LogP contribution in [0.2, 0.25) is 0 Å². The van der Waals surface area contributed by atoms with E-state index in [0.29, 0.717) is 24.6 Å². The first-order valence-electron chi connectivity index (χ1n) is 7.35. The highest BCUT2D eigenvalue weighted by Crippen LogP contribution is 2.18. The van der Waals surface area contributed by atoms with Crippen molar-refractivity contribution in [2.75, 3.05) is 13.2 Å². The highest BCUT2D eigenvalue weighted by Gasteiger charge is 2.17. The van der Waals surface area contributed by atoms with Crippen LogP contribution < -0.4 is 5.69 Å². The number of carbonyl (C=O) groups is 1. The van der Waals surface area contributed by atoms with Crippen molar-refractivity contribution in [3.05, 3.63) is 27.4 Å². The second kappa shape index (κ2) is 6.85. The Hall–Kier alpha value is -1.69. The van der Waals surface area contributed by atoms with E-state index in [4.69, 9.17) is 9.84 Å². The lowest BCUT2D eigenvalue weighted by Gasteiger charge is -2.16. The number of aryl methyl sites for hydroxylation is 1. The number of aromatic nitrogens is 2. The molecule has 0 bridgehead atoms. The highest BCUT2D eigenvalue weighted by atomic mass is 16.5. The fraction of sp³-hybridized carbons (Fsp3) is 0.667. The second-order valence-corrected chi connectivity index (χ2v) is 5.61. The summed E-state index contributed by atoms with van der Waals surface area (Å²) in [7, 11) is 0. The summed E-state index contributed by atoms with van der Waals surface area (Å²) in [5, 5.41) is 8.82. The summed E-state index contributed by atoms with van der Waals surface area (Å²) >= 11 is 0. The number of carboxylic acid groups (broad SMARTS) is 1. The monoisotopic (exact) mass is 294 g/mol. The first-order chi connectivity index (χ1) is 9.99. The van der Waals surface area contributed by atoms with Crippen LogP contribution in [0, 0.1) is 19.8 Å². The normalized spacial score (nSPS) is 18.1. The van der Waals surface area contributed by atoms with Crippen LogP contribution in [0.1, 0.15) is 36.2 Å². The van der Waals surface area contributed by atoms with Gasteiger partial charge < -0.3 is 9.84 Å². The molecule has 1 saturated heterocycles. The molecule has 0 aromatic carbocycles. The van der Waals surface area contributed by atoms with Gasteiger partial charge in [-0.05, 0) is 44.6 Å². The summed E-state index contributed by atoms with van der Waals surface area (Å²) < 4.78 is 7.01. The lowest BCUT2D eigenvalue weighted by molar-refractivity contribution is -0.136. The van der Waals surface area contributed by atoms with Crippen LogP contribution >= 0.6 is 0 Å². The van der Waals surface area contributed by atoms with Gasteiger partial charge in [-0.25, -0.2) is 4.79 Å². The van der Waals surface area contributed by atoms with Crippen molar-refractivity contribution in [2.45, 2.75) is 46.1 Å². The Morgan fingerprint density at radius 2 is 2.24 bits per heavy atom. The molecule has 1 aliphatic heterocycles. The molecule has 1 unspecified atom stereocenters. The Morgan fingerprint density at radius 1 is 1.48 bits per heavy atom. The Labute approximate surface area is 123 Å². The standard InChI is InChI=1S/C15H22N2O4/c1-10-13(3-4-14(18)19)11(2)17(15(20)16-10)7-5-12-6-8-21-9-12/h12H,3-9H2,1-2H3,(H,18,19). The van der Waals surface area contributed by atoms with E-state index in [2.05, 4.69) is 4.98 Å². The van der Waals surface area contributed by atoms with Crippen LogP contribution in [-0.2, 0) is 22.5 Å². The van der Waals surface area contributed by atoms with Crippen molar-refractivity contribution in [3.63, 3.8) is 0 Å². The fourth-order valence-electron chi connectivity index (χ4n) is 2.82. The average molecular weight is 294 g/mol. The molecule has 1 aliphatic rings. The Morgan fingerprint density at radius 3 is 2.86 bits per heavy atom. The fourth-order valence-corrected chi connectivity index (χ4v) is 2.82. The van der Waals surface area contributed by atoms with Gasteiger partial charge >= 0.3 is 11.7 Å². The van der Waals surface area contributed by atoms with E-state index in [0.717, 1.165) is 37.3 Å². The summed E-state index contributed by atoms with van der Waals surface area (Å²) in [5.74, 6) is -0.338. The van der Waals surface area contributed by atoms with Crippen LogP contribution in [-0.4, -0.2) is 33.8 Å². The average Bonchev–Trinajstić information content (AvgIpc) is 2.90. The largest absolute Gasteiger partial charge is 0.481 e. The van der Waals surface area contributed by atoms with Crippen molar-refractivity contribution < 1.29 is 14.6 Å². The molecule has 116 valence electrons. The van der Waals surface area contributed by atoms with E-state index in [1.807, 2.05) is 6.92 Å². The lowest BCUT2D eigenvalue weighted by atomic mass is 10.0. The molecule has 0 radical (unpaired) electrons. The maximum atomic E-state index is 12.1. The summed E-state index contributed by atoms with van der Waals surface area (Å²) in [6, 6.07) is 0. The zero-order valence-electron chi connectivity index (χ0n) is 12.6. The van der Waals surface area contributed by atoms with Gasteiger partial charge in [0.15, 0.2) is 0 Å². The van der Waals surface area contributed by atoms with Crippen LogP contribution in [0.25, 0.3) is 0 Å². The van der Waals surface area contributed by atoms with Gasteiger partial charge in [-0.15, -0.1) is 0 Å². The Bertz CT molecular complexity index is 574. The quantitative estimate of drug-likeness (QED) is 0.855. The minimum atomic E-state index is -0.838. The molecule has 0 spiro atoms. The third kappa shape index (κ3) is 3.91. The van der Waals surface area contributed by atoms with Crippen molar-refractivity contribution in [2.24, 2.45) is 5.92 Å². The van der Waals surface area contributed by atoms with Gasteiger partial charge in [0.05, 0.1) is 0 Å². The molecular weight excluding hydrogens is 272 g/mol. The molecule has 1 N–H and O–H groups in total. The highest BCUT2D eigenvalue weighted by molar-refractivity contribution is 5.67. The van der Waals surface area contributed by atoms with Crippen molar-refractivity contribution in [1.29, 1.82) is 0 Å². The summed E-state index contributed by atoms with van der Waals surface area (Å²) in [6.07, 6.45) is 2.40. The SMILES string of the molecule is Cc1nc(=O)n(CCC2CCOC2)c(C)c1CCC(=O)O. The number of rotatable bonds is 6. The van der Waals surface area contributed by atoms with E-state index in [1.165, 1.54) is 0 Å². The molecule has 2 heterocycles. The van der Waals surface area contributed by atoms with Gasteiger partial charge in [-0.2, -0.15) is 4.98 Å². The zero-order chi connectivity index (χ0) is 15.4. The van der Waals surface area contributed by atoms with Crippen LogP contribution in [0.15, 0.2) is 4.79 Å². The molecular formula is C15H22N2O4. The van der Waals surface area contributed by atoms with Gasteiger partial charge in [-0.3, -0.25) is 9.36 Å². The van der Waals surface area contributed by atoms with Crippen LogP contribution in [0.4, 0.5) is 0 Å². The number of nitrogens with zero attached hydrogens (tertiary/aromatic N) is 2. The molecule has 1 aromatic rings. The number of hydrogen-bond acceptors (Lipinski definition) is 4. The molecule has 2 rings (SSSR count). The third-order valence-corrected chi connectivity index (χ3v) is 4.15. The van der Waals surface area contributed by atoms with E-state index >= 15 is 0 Å². The minimum Gasteiger partial charge on any atom is -0.481 e. The predicted octanol–water partition coefficient (Wildman–Crippen LogP) is 1.30. The van der Waals surface area contributed by atoms with Gasteiger partial charge in [0.25, 0.3) is 0 Å². The maximum absolute atomic E-state index is 12.1. The van der Waals surface area contributed by atoms with E-state index in [9.17, 15) is 9.59 Å². The maximum Gasteiger partial charge on any atom is 0.347 e. The Balaban J connectivity index is 2.17. The summed E-state index contributed by atoms with van der Waals surface area (Å²) in [4.78, 5) is 26.8. The number of hydrogen-bond donors (Lipinski definition) is 1. The van der Waals surface area contributed by atoms with Gasteiger partial charge in [0, 0.05) is 37.6 Å². The lowest BCUT2D eigenvalue weighted by Crippen LogP contribution is -2.29. The number of ether oxygens (including phenoxy) is 1. The summed E-state index contributed by atoms with van der Waals surface area (Å²) in [6.45, 7) is 5.82. The Kier molecular flexibility index (Phi) is 5.12. The first-order valence-corrected chi connectivity index (χ1v) is 7.35. The van der Waals surface area contributed by atoms with E-state index in [1.54, 1.807) is 11.5 Å². The zero-order valence-corrected chi connectivity index (χ0v) is 12.6. The smallest absolute Gasteiger partial charge is 0.347 e.